The van der Waals surface area contributed by atoms with Crippen LogP contribution in [0.15, 0.2) is 11.0 Å². The van der Waals surface area contributed by atoms with Crippen molar-refractivity contribution in [1.82, 2.24) is 4.72 Å². The lowest BCUT2D eigenvalue weighted by Crippen LogP contribution is -2.40. The number of hydrogen-bond acceptors (Lipinski definition) is 4. The smallest absolute Gasteiger partial charge is 0.247 e. The molecule has 112 valence electrons. The summed E-state index contributed by atoms with van der Waals surface area (Å²) in [5.74, 6) is -1.03. The Balaban J connectivity index is 3.20. The first kappa shape index (κ1) is 17.2. The van der Waals surface area contributed by atoms with E-state index in [1.165, 1.54) is 6.92 Å². The molecule has 4 N–H and O–H groups in total. The Kier molecular flexibility index (Phi) is 5.39. The third kappa shape index (κ3) is 3.62. The second-order valence-electron chi connectivity index (χ2n) is 4.21. The van der Waals surface area contributed by atoms with Gasteiger partial charge >= 0.3 is 0 Å². The number of benzene rings is 1. The highest BCUT2D eigenvalue weighted by molar-refractivity contribution is 7.89. The van der Waals surface area contributed by atoms with E-state index < -0.39 is 28.6 Å². The number of sulfonamides is 1. The minimum atomic E-state index is -4.03. The highest BCUT2D eigenvalue weighted by Gasteiger charge is 2.25. The molecule has 1 amide bonds. The van der Waals surface area contributed by atoms with E-state index in [0.29, 0.717) is 5.56 Å². The van der Waals surface area contributed by atoms with Crippen molar-refractivity contribution in [2.24, 2.45) is 5.73 Å². The molecule has 0 saturated heterocycles. The number of carbonyl (C=O) groups excluding carboxylic acids is 1. The zero-order valence-corrected chi connectivity index (χ0v) is 13.1. The van der Waals surface area contributed by atoms with E-state index in [4.69, 9.17) is 28.9 Å². The molecule has 1 aromatic carbocycles. The molecule has 0 saturated carbocycles. The van der Waals surface area contributed by atoms with E-state index in [-0.39, 0.29) is 20.5 Å². The minimum Gasteiger partial charge on any atom is -0.382 e. The van der Waals surface area contributed by atoms with Crippen molar-refractivity contribution in [3.05, 3.63) is 27.2 Å². The Labute approximate surface area is 126 Å². The molecule has 20 heavy (non-hydrogen) atoms. The van der Waals surface area contributed by atoms with Crippen molar-refractivity contribution in [2.45, 2.75) is 24.8 Å². The molecule has 0 aliphatic carbocycles. The molecular weight excluding hydrogens is 327 g/mol. The number of halogens is 2. The number of primary amides is 1. The Morgan fingerprint density at radius 2 is 2.00 bits per heavy atom. The summed E-state index contributed by atoms with van der Waals surface area (Å²) in [5, 5.41) is 9.51. The molecule has 0 heterocycles. The molecule has 0 aliphatic heterocycles. The molecule has 1 aromatic rings. The van der Waals surface area contributed by atoms with Crippen LogP contribution in [-0.2, 0) is 14.8 Å². The SMILES string of the molecule is Cc1cc(Cl)c(C)c(S(=O)(=O)NCC(O)C(N)=O)c1Cl. The summed E-state index contributed by atoms with van der Waals surface area (Å²) in [4.78, 5) is 10.5. The molecule has 9 heteroatoms. The average molecular weight is 341 g/mol. The fourth-order valence-corrected chi connectivity index (χ4v) is 3.74. The number of amides is 1. The summed E-state index contributed by atoms with van der Waals surface area (Å²) in [6.07, 6.45) is -1.62. The Bertz CT molecular complexity index is 620. The van der Waals surface area contributed by atoms with Crippen molar-refractivity contribution in [3.8, 4) is 0 Å². The molecule has 0 spiro atoms. The topological polar surface area (TPSA) is 109 Å². The Morgan fingerprint density at radius 3 is 2.50 bits per heavy atom. The van der Waals surface area contributed by atoms with E-state index in [0.717, 1.165) is 0 Å². The second-order valence-corrected chi connectivity index (χ2v) is 6.70. The summed E-state index contributed by atoms with van der Waals surface area (Å²) in [6.45, 7) is 2.58. The molecule has 1 unspecified atom stereocenters. The van der Waals surface area contributed by atoms with Crippen molar-refractivity contribution < 1.29 is 18.3 Å². The molecule has 0 radical (unpaired) electrons. The van der Waals surface area contributed by atoms with Gasteiger partial charge in [-0.3, -0.25) is 4.79 Å². The van der Waals surface area contributed by atoms with Crippen LogP contribution in [0, 0.1) is 13.8 Å². The van der Waals surface area contributed by atoms with Crippen LogP contribution in [0.4, 0.5) is 0 Å². The molecule has 1 rings (SSSR count). The monoisotopic (exact) mass is 340 g/mol. The van der Waals surface area contributed by atoms with Crippen LogP contribution in [0.5, 0.6) is 0 Å². The van der Waals surface area contributed by atoms with E-state index in [2.05, 4.69) is 4.72 Å². The van der Waals surface area contributed by atoms with Crippen molar-refractivity contribution in [2.75, 3.05) is 6.54 Å². The van der Waals surface area contributed by atoms with Gasteiger partial charge in [0.05, 0.1) is 5.02 Å². The summed E-state index contributed by atoms with van der Waals surface area (Å²) in [7, 11) is -4.03. The molecule has 0 aliphatic rings. The fourth-order valence-electron chi connectivity index (χ4n) is 1.49. The van der Waals surface area contributed by atoms with E-state index in [1.807, 2.05) is 0 Å². The first-order valence-electron chi connectivity index (χ1n) is 5.50. The molecule has 1 atom stereocenters. The predicted molar refractivity (Wildman–Crippen MR) is 76.3 cm³/mol. The van der Waals surface area contributed by atoms with E-state index >= 15 is 0 Å². The number of aliphatic hydroxyl groups is 1. The quantitative estimate of drug-likeness (QED) is 0.733. The first-order valence-corrected chi connectivity index (χ1v) is 7.74. The van der Waals surface area contributed by atoms with Gasteiger partial charge in [0, 0.05) is 11.6 Å². The minimum absolute atomic E-state index is 0.0352. The van der Waals surface area contributed by atoms with Crippen molar-refractivity contribution in [1.29, 1.82) is 0 Å². The third-order valence-corrected chi connectivity index (χ3v) is 5.24. The van der Waals surface area contributed by atoms with Gasteiger partial charge in [-0.1, -0.05) is 23.2 Å². The van der Waals surface area contributed by atoms with Crippen LogP contribution in [-0.4, -0.2) is 32.1 Å². The Morgan fingerprint density at radius 1 is 1.45 bits per heavy atom. The van der Waals surface area contributed by atoms with E-state index in [9.17, 15) is 18.3 Å². The number of aliphatic hydroxyl groups excluding tert-OH is 1. The van der Waals surface area contributed by atoms with Crippen LogP contribution in [0.2, 0.25) is 10.0 Å². The zero-order chi connectivity index (χ0) is 15.7. The number of aryl methyl sites for hydroxylation is 1. The lowest BCUT2D eigenvalue weighted by Gasteiger charge is -2.15. The normalized spacial score (nSPS) is 13.2. The number of nitrogens with two attached hydrogens (primary N) is 1. The number of rotatable bonds is 5. The highest BCUT2D eigenvalue weighted by atomic mass is 35.5. The van der Waals surface area contributed by atoms with Gasteiger partial charge in [-0.05, 0) is 31.0 Å². The van der Waals surface area contributed by atoms with Crippen LogP contribution in [0.1, 0.15) is 11.1 Å². The van der Waals surface area contributed by atoms with Gasteiger partial charge in [-0.2, -0.15) is 0 Å². The predicted octanol–water partition coefficient (Wildman–Crippen LogP) is 0.735. The summed E-state index contributed by atoms with van der Waals surface area (Å²) < 4.78 is 26.4. The summed E-state index contributed by atoms with van der Waals surface area (Å²) in [5.41, 5.74) is 5.62. The second kappa shape index (κ2) is 6.28. The van der Waals surface area contributed by atoms with Crippen LogP contribution in [0.3, 0.4) is 0 Å². The molecule has 0 fully saturated rings. The maximum absolute atomic E-state index is 12.2. The summed E-state index contributed by atoms with van der Waals surface area (Å²) in [6, 6.07) is 1.55. The maximum atomic E-state index is 12.2. The standard InChI is InChI=1S/C11H14Cl2N2O4S/c1-5-3-7(12)6(2)10(9(5)13)20(18,19)15-4-8(16)11(14)17/h3,8,15-16H,4H2,1-2H3,(H2,14,17). The molecule has 6 nitrogen and oxygen atoms in total. The largest absolute Gasteiger partial charge is 0.382 e. The van der Waals surface area contributed by atoms with Gasteiger partial charge in [0.2, 0.25) is 15.9 Å². The Hall–Kier alpha value is -0.860. The molecular formula is C11H14Cl2N2O4S. The van der Waals surface area contributed by atoms with Gasteiger partial charge < -0.3 is 10.8 Å². The van der Waals surface area contributed by atoms with Gasteiger partial charge in [0.15, 0.2) is 0 Å². The van der Waals surface area contributed by atoms with Crippen molar-refractivity contribution in [3.63, 3.8) is 0 Å². The van der Waals surface area contributed by atoms with Crippen molar-refractivity contribution >= 4 is 39.1 Å². The fraction of sp³-hybridized carbons (Fsp3) is 0.364. The third-order valence-electron chi connectivity index (χ3n) is 2.65. The van der Waals surface area contributed by atoms with Crippen LogP contribution in [0.25, 0.3) is 0 Å². The van der Waals surface area contributed by atoms with Gasteiger partial charge in [0.25, 0.3) is 0 Å². The highest BCUT2D eigenvalue weighted by Crippen LogP contribution is 2.33. The van der Waals surface area contributed by atoms with Gasteiger partial charge in [0.1, 0.15) is 11.0 Å². The van der Waals surface area contributed by atoms with Crippen LogP contribution >= 0.6 is 23.2 Å². The van der Waals surface area contributed by atoms with E-state index in [1.54, 1.807) is 13.0 Å². The summed E-state index contributed by atoms with van der Waals surface area (Å²) >= 11 is 11.9. The lowest BCUT2D eigenvalue weighted by molar-refractivity contribution is -0.125. The van der Waals surface area contributed by atoms with Gasteiger partial charge in [-0.25, -0.2) is 13.1 Å². The molecule has 0 aromatic heterocycles. The average Bonchev–Trinajstić information content (AvgIpc) is 2.33. The lowest BCUT2D eigenvalue weighted by atomic mass is 10.2. The molecule has 0 bridgehead atoms. The van der Waals surface area contributed by atoms with Gasteiger partial charge in [-0.15, -0.1) is 0 Å². The first-order chi connectivity index (χ1) is 9.08. The number of hydrogen-bond donors (Lipinski definition) is 3. The zero-order valence-electron chi connectivity index (χ0n) is 10.8. The van der Waals surface area contributed by atoms with Crippen LogP contribution < -0.4 is 10.5 Å². The maximum Gasteiger partial charge on any atom is 0.247 e. The number of nitrogens with one attached hydrogen (secondary N) is 1. The number of carbonyl (C=O) groups is 1.